The Bertz CT molecular complexity index is 392. The van der Waals surface area contributed by atoms with Crippen molar-refractivity contribution in [3.8, 4) is 0 Å². The van der Waals surface area contributed by atoms with Gasteiger partial charge in [0.25, 0.3) is 0 Å². The van der Waals surface area contributed by atoms with Crippen LogP contribution in [0.25, 0.3) is 0 Å². The number of rotatable bonds is 2. The Hall–Kier alpha value is -0.600. The molecule has 0 radical (unpaired) electrons. The van der Waals surface area contributed by atoms with Gasteiger partial charge in [0.15, 0.2) is 0 Å². The fourth-order valence-corrected chi connectivity index (χ4v) is 2.99. The normalized spacial score (nSPS) is 24.1. The summed E-state index contributed by atoms with van der Waals surface area (Å²) < 4.78 is 13.1. The van der Waals surface area contributed by atoms with E-state index < -0.39 is 6.10 Å². The van der Waals surface area contributed by atoms with Crippen LogP contribution in [0, 0.1) is 17.2 Å². The highest BCUT2D eigenvalue weighted by molar-refractivity contribution is 5.85. The SMILES string of the molecule is CC1(C)CCC[C@@H]([C@H](O)c2cccc(F)c2)C1.Cl. The Morgan fingerprint density at radius 2 is 2.11 bits per heavy atom. The summed E-state index contributed by atoms with van der Waals surface area (Å²) in [5, 5.41) is 10.3. The molecule has 1 aliphatic rings. The molecule has 1 aromatic carbocycles. The molecule has 1 aliphatic carbocycles. The number of hydrogen-bond donors (Lipinski definition) is 1. The Labute approximate surface area is 115 Å². The fraction of sp³-hybridized carbons (Fsp3) is 0.600. The van der Waals surface area contributed by atoms with E-state index in [-0.39, 0.29) is 24.1 Å². The molecule has 1 saturated carbocycles. The van der Waals surface area contributed by atoms with Crippen LogP contribution in [0.3, 0.4) is 0 Å². The first-order chi connectivity index (χ1) is 7.98. The molecule has 0 aromatic heterocycles. The van der Waals surface area contributed by atoms with E-state index in [9.17, 15) is 9.50 Å². The highest BCUT2D eigenvalue weighted by atomic mass is 35.5. The van der Waals surface area contributed by atoms with Crippen LogP contribution in [0.15, 0.2) is 24.3 Å². The van der Waals surface area contributed by atoms with Crippen molar-refractivity contribution < 1.29 is 9.50 Å². The summed E-state index contributed by atoms with van der Waals surface area (Å²) in [7, 11) is 0. The van der Waals surface area contributed by atoms with Crippen LogP contribution in [0.5, 0.6) is 0 Å². The summed E-state index contributed by atoms with van der Waals surface area (Å²) in [4.78, 5) is 0. The maximum absolute atomic E-state index is 13.1. The molecule has 0 bridgehead atoms. The van der Waals surface area contributed by atoms with Crippen molar-refractivity contribution in [2.75, 3.05) is 0 Å². The summed E-state index contributed by atoms with van der Waals surface area (Å²) in [5.41, 5.74) is 1.02. The minimum atomic E-state index is -0.523. The minimum absolute atomic E-state index is 0. The minimum Gasteiger partial charge on any atom is -0.388 e. The Balaban J connectivity index is 0.00000162. The van der Waals surface area contributed by atoms with E-state index in [0.29, 0.717) is 11.0 Å². The molecule has 0 heterocycles. The molecular weight excluding hydrogens is 251 g/mol. The standard InChI is InChI=1S/C15H21FO.ClH/c1-15(2)8-4-6-12(10-15)14(17)11-5-3-7-13(16)9-11;/h3,5,7,9,12,14,17H,4,6,8,10H2,1-2H3;1H/t12-,14-;/m1./s1. The van der Waals surface area contributed by atoms with E-state index in [1.807, 2.05) is 6.07 Å². The summed E-state index contributed by atoms with van der Waals surface area (Å²) in [6.45, 7) is 4.49. The maximum Gasteiger partial charge on any atom is 0.123 e. The second-order valence-corrected chi connectivity index (χ2v) is 6.02. The molecule has 102 valence electrons. The van der Waals surface area contributed by atoms with E-state index in [1.165, 1.54) is 18.6 Å². The van der Waals surface area contributed by atoms with Crippen molar-refractivity contribution in [3.05, 3.63) is 35.6 Å². The van der Waals surface area contributed by atoms with Gasteiger partial charge in [-0.25, -0.2) is 4.39 Å². The monoisotopic (exact) mass is 272 g/mol. The van der Waals surface area contributed by atoms with E-state index >= 15 is 0 Å². The molecule has 18 heavy (non-hydrogen) atoms. The molecule has 1 nitrogen and oxygen atoms in total. The van der Waals surface area contributed by atoms with E-state index in [2.05, 4.69) is 13.8 Å². The van der Waals surface area contributed by atoms with Crippen molar-refractivity contribution in [1.82, 2.24) is 0 Å². The molecule has 1 N–H and O–H groups in total. The van der Waals surface area contributed by atoms with Crippen LogP contribution in [-0.4, -0.2) is 5.11 Å². The molecular formula is C15H22ClFO. The smallest absolute Gasteiger partial charge is 0.123 e. The quantitative estimate of drug-likeness (QED) is 0.841. The van der Waals surface area contributed by atoms with Gasteiger partial charge in [0.05, 0.1) is 6.10 Å². The molecule has 3 heteroatoms. The van der Waals surface area contributed by atoms with Crippen LogP contribution in [0.4, 0.5) is 4.39 Å². The lowest BCUT2D eigenvalue weighted by molar-refractivity contribution is 0.0458. The molecule has 2 atom stereocenters. The van der Waals surface area contributed by atoms with Crippen molar-refractivity contribution in [3.63, 3.8) is 0 Å². The Kier molecular flexibility index (Phi) is 5.18. The molecule has 0 saturated heterocycles. The predicted molar refractivity (Wildman–Crippen MR) is 74.3 cm³/mol. The van der Waals surface area contributed by atoms with Crippen molar-refractivity contribution in [2.24, 2.45) is 11.3 Å². The lowest BCUT2D eigenvalue weighted by Gasteiger charge is -2.37. The van der Waals surface area contributed by atoms with Crippen LogP contribution in [0.2, 0.25) is 0 Å². The second kappa shape index (κ2) is 6.03. The highest BCUT2D eigenvalue weighted by Gasteiger charge is 2.32. The third-order valence-corrected chi connectivity index (χ3v) is 3.88. The van der Waals surface area contributed by atoms with Gasteiger partial charge >= 0.3 is 0 Å². The van der Waals surface area contributed by atoms with Gasteiger partial charge in [0.1, 0.15) is 5.82 Å². The number of aliphatic hydroxyl groups excluding tert-OH is 1. The maximum atomic E-state index is 13.1. The van der Waals surface area contributed by atoms with Crippen LogP contribution < -0.4 is 0 Å². The molecule has 2 rings (SSSR count). The van der Waals surface area contributed by atoms with Crippen molar-refractivity contribution >= 4 is 12.4 Å². The number of halogens is 2. The van der Waals surface area contributed by atoms with Gasteiger partial charge in [-0.1, -0.05) is 32.4 Å². The number of hydrogen-bond acceptors (Lipinski definition) is 1. The molecule has 0 spiro atoms. The molecule has 0 unspecified atom stereocenters. The number of benzene rings is 1. The molecule has 1 fully saturated rings. The highest BCUT2D eigenvalue weighted by Crippen LogP contribution is 2.43. The zero-order valence-corrected chi connectivity index (χ0v) is 11.8. The average Bonchev–Trinajstić information content (AvgIpc) is 2.26. The van der Waals surface area contributed by atoms with E-state index in [4.69, 9.17) is 0 Å². The van der Waals surface area contributed by atoms with Gasteiger partial charge in [0, 0.05) is 0 Å². The lowest BCUT2D eigenvalue weighted by atomic mass is 9.70. The van der Waals surface area contributed by atoms with Crippen molar-refractivity contribution in [2.45, 2.75) is 45.6 Å². The average molecular weight is 273 g/mol. The fourth-order valence-electron chi connectivity index (χ4n) is 2.99. The van der Waals surface area contributed by atoms with E-state index in [1.54, 1.807) is 6.07 Å². The van der Waals surface area contributed by atoms with Crippen LogP contribution >= 0.6 is 12.4 Å². The number of aliphatic hydroxyl groups is 1. The van der Waals surface area contributed by atoms with Gasteiger partial charge < -0.3 is 5.11 Å². The largest absolute Gasteiger partial charge is 0.388 e. The zero-order chi connectivity index (χ0) is 12.5. The van der Waals surface area contributed by atoms with Gasteiger partial charge in [-0.05, 0) is 48.3 Å². The Morgan fingerprint density at radius 3 is 2.72 bits per heavy atom. The zero-order valence-electron chi connectivity index (χ0n) is 11.0. The second-order valence-electron chi connectivity index (χ2n) is 6.02. The Morgan fingerprint density at radius 1 is 1.39 bits per heavy atom. The van der Waals surface area contributed by atoms with Crippen LogP contribution in [-0.2, 0) is 0 Å². The van der Waals surface area contributed by atoms with Gasteiger partial charge in [-0.15, -0.1) is 12.4 Å². The van der Waals surface area contributed by atoms with Gasteiger partial charge in [0.2, 0.25) is 0 Å². The summed E-state index contributed by atoms with van der Waals surface area (Å²) in [6.07, 6.45) is 3.92. The lowest BCUT2D eigenvalue weighted by Crippen LogP contribution is -2.26. The summed E-state index contributed by atoms with van der Waals surface area (Å²) >= 11 is 0. The molecule has 0 amide bonds. The summed E-state index contributed by atoms with van der Waals surface area (Å²) in [6, 6.07) is 6.35. The first-order valence-corrected chi connectivity index (χ1v) is 6.41. The topological polar surface area (TPSA) is 20.2 Å². The first-order valence-electron chi connectivity index (χ1n) is 6.41. The van der Waals surface area contributed by atoms with E-state index in [0.717, 1.165) is 19.3 Å². The third kappa shape index (κ3) is 3.69. The third-order valence-electron chi connectivity index (χ3n) is 3.88. The first kappa shape index (κ1) is 15.5. The molecule has 1 aromatic rings. The van der Waals surface area contributed by atoms with Gasteiger partial charge in [-0.2, -0.15) is 0 Å². The van der Waals surface area contributed by atoms with Crippen molar-refractivity contribution in [1.29, 1.82) is 0 Å². The molecule has 0 aliphatic heterocycles. The van der Waals surface area contributed by atoms with Crippen LogP contribution in [0.1, 0.15) is 51.2 Å². The predicted octanol–water partition coefficient (Wildman–Crippen LogP) is 4.50. The summed E-state index contributed by atoms with van der Waals surface area (Å²) in [5.74, 6) is -0.00262. The van der Waals surface area contributed by atoms with Gasteiger partial charge in [-0.3, -0.25) is 0 Å².